The van der Waals surface area contributed by atoms with E-state index in [0.29, 0.717) is 24.8 Å². The van der Waals surface area contributed by atoms with Gasteiger partial charge < -0.3 is 28.1 Å². The monoisotopic (exact) mass is 654 g/mol. The Kier molecular flexibility index (Phi) is 7.85. The van der Waals surface area contributed by atoms with Crippen molar-refractivity contribution >= 4 is 23.9 Å². The van der Waals surface area contributed by atoms with E-state index in [2.05, 4.69) is 20.8 Å². The van der Waals surface area contributed by atoms with Gasteiger partial charge >= 0.3 is 23.9 Å². The van der Waals surface area contributed by atoms with Gasteiger partial charge in [-0.1, -0.05) is 40.7 Å². The fourth-order valence-corrected chi connectivity index (χ4v) is 10.9. The highest BCUT2D eigenvalue weighted by atomic mass is 16.6. The molecule has 0 aromatic carbocycles. The summed E-state index contributed by atoms with van der Waals surface area (Å²) in [5, 5.41) is 0. The molecule has 5 fully saturated rings. The van der Waals surface area contributed by atoms with Gasteiger partial charge in [0.2, 0.25) is 0 Å². The molecule has 11 atom stereocenters. The van der Waals surface area contributed by atoms with Crippen molar-refractivity contribution in [2.75, 3.05) is 0 Å². The van der Waals surface area contributed by atoms with Crippen LogP contribution in [0, 0.1) is 34.0 Å². The van der Waals surface area contributed by atoms with Crippen molar-refractivity contribution in [1.82, 2.24) is 0 Å². The minimum absolute atomic E-state index is 0.0679. The molecule has 3 saturated carbocycles. The van der Waals surface area contributed by atoms with E-state index < -0.39 is 69.6 Å². The number of epoxide rings is 1. The molecule has 258 valence electrons. The summed E-state index contributed by atoms with van der Waals surface area (Å²) in [6.07, 6.45) is 4.12. The molecular formula is C37H50O10. The van der Waals surface area contributed by atoms with Gasteiger partial charge in [0.1, 0.15) is 29.5 Å². The lowest BCUT2D eigenvalue weighted by Gasteiger charge is -2.68. The van der Waals surface area contributed by atoms with Crippen molar-refractivity contribution in [3.63, 3.8) is 0 Å². The van der Waals surface area contributed by atoms with Crippen molar-refractivity contribution < 1.29 is 47.3 Å². The average molecular weight is 655 g/mol. The number of fused-ring (bicyclic) bond motifs is 3. The summed E-state index contributed by atoms with van der Waals surface area (Å²) < 4.78 is 37.8. The van der Waals surface area contributed by atoms with Crippen LogP contribution in [0.3, 0.4) is 0 Å². The molecule has 47 heavy (non-hydrogen) atoms. The fraction of sp³-hybridized carbons (Fsp3) is 0.730. The summed E-state index contributed by atoms with van der Waals surface area (Å²) in [6.45, 7) is 18.6. The smallest absolute Gasteiger partial charge is 0.333 e. The van der Waals surface area contributed by atoms with E-state index in [9.17, 15) is 19.2 Å². The molecule has 0 N–H and O–H groups in total. The number of cyclic esters (lactones) is 1. The van der Waals surface area contributed by atoms with Gasteiger partial charge in [-0.25, -0.2) is 4.79 Å². The fourth-order valence-electron chi connectivity index (χ4n) is 10.9. The lowest BCUT2D eigenvalue weighted by molar-refractivity contribution is -0.284. The van der Waals surface area contributed by atoms with E-state index in [1.165, 1.54) is 6.92 Å². The van der Waals surface area contributed by atoms with E-state index >= 15 is 0 Å². The lowest BCUT2D eigenvalue weighted by Crippen LogP contribution is -2.74. The first-order chi connectivity index (χ1) is 21.9. The molecule has 0 radical (unpaired) electrons. The number of hydrogen-bond acceptors (Lipinski definition) is 10. The highest BCUT2D eigenvalue weighted by Gasteiger charge is 2.90. The van der Waals surface area contributed by atoms with Gasteiger partial charge in [-0.15, -0.1) is 0 Å². The van der Waals surface area contributed by atoms with Gasteiger partial charge in [-0.2, -0.15) is 0 Å². The summed E-state index contributed by atoms with van der Waals surface area (Å²) in [5.41, 5.74) is -2.83. The highest BCUT2D eigenvalue weighted by Crippen LogP contribution is 2.82. The Morgan fingerprint density at radius 1 is 0.915 bits per heavy atom. The van der Waals surface area contributed by atoms with Gasteiger partial charge in [0.15, 0.2) is 0 Å². The lowest BCUT2D eigenvalue weighted by atomic mass is 9.37. The Balaban J connectivity index is 1.61. The van der Waals surface area contributed by atoms with Gasteiger partial charge in [0, 0.05) is 40.6 Å². The largest absolute Gasteiger partial charge is 0.472 e. The molecule has 2 saturated heterocycles. The van der Waals surface area contributed by atoms with Crippen LogP contribution in [0.25, 0.3) is 0 Å². The summed E-state index contributed by atoms with van der Waals surface area (Å²) in [4.78, 5) is 53.2. The van der Waals surface area contributed by atoms with Gasteiger partial charge in [0.05, 0.1) is 31.0 Å². The van der Waals surface area contributed by atoms with Crippen LogP contribution in [0.5, 0.6) is 0 Å². The average Bonchev–Trinajstić information content (AvgIpc) is 3.35. The summed E-state index contributed by atoms with van der Waals surface area (Å²) >= 11 is 0. The molecule has 10 heteroatoms. The maximum absolute atomic E-state index is 13.6. The van der Waals surface area contributed by atoms with Crippen molar-refractivity contribution in [2.24, 2.45) is 34.0 Å². The Labute approximate surface area is 277 Å². The van der Waals surface area contributed by atoms with Crippen molar-refractivity contribution in [3.8, 4) is 0 Å². The number of furan rings is 1. The molecule has 0 amide bonds. The zero-order valence-corrected chi connectivity index (χ0v) is 29.3. The predicted octanol–water partition coefficient (Wildman–Crippen LogP) is 6.07. The molecule has 1 spiro atoms. The molecule has 5 aliphatic rings. The third kappa shape index (κ3) is 4.52. The Hall–Kier alpha value is -3.14. The summed E-state index contributed by atoms with van der Waals surface area (Å²) in [7, 11) is 0. The molecule has 10 nitrogen and oxygen atoms in total. The number of rotatable bonds is 6. The number of esters is 4. The van der Waals surface area contributed by atoms with E-state index in [0.717, 1.165) is 5.56 Å². The molecule has 3 aliphatic carbocycles. The van der Waals surface area contributed by atoms with Crippen LogP contribution < -0.4 is 0 Å². The van der Waals surface area contributed by atoms with E-state index in [1.54, 1.807) is 32.4 Å². The second-order valence-electron chi connectivity index (χ2n) is 16.0. The van der Waals surface area contributed by atoms with Crippen LogP contribution >= 0.6 is 0 Å². The first-order valence-corrected chi connectivity index (χ1v) is 17.0. The van der Waals surface area contributed by atoms with Crippen LogP contribution in [0.1, 0.15) is 106 Å². The Bertz CT molecular complexity index is 1490. The Morgan fingerprint density at radius 2 is 1.57 bits per heavy atom. The SMILES string of the molecule is CC=C(C)C(=O)OC1CC2C(C)(C)OC(=O)CC(OC(C)=O)C2(C)C2CC(OC(=O)C(C)C)C3(C)C(c4ccoc4)CC4OC43C12C. The standard InChI is InChI=1S/C37H50O10/c1-11-20(4)32(41)45-28-15-24-33(6,7)47-30(39)17-26(43-21(5)38)34(24,8)25-16-27(44-31(40)19(2)3)35(9)23(22-12-13-42-18-22)14-29-37(35,46-29)36(25,28)10/h11-13,18-19,23-29H,14-17H2,1-10H3. The molecule has 1 aromatic rings. The quantitative estimate of drug-likeness (QED) is 0.154. The highest BCUT2D eigenvalue weighted by molar-refractivity contribution is 5.87. The van der Waals surface area contributed by atoms with Crippen LogP contribution in [0.15, 0.2) is 34.7 Å². The van der Waals surface area contributed by atoms with E-state index in [4.69, 9.17) is 28.1 Å². The van der Waals surface area contributed by atoms with Crippen molar-refractivity contribution in [2.45, 2.75) is 136 Å². The normalized spacial score (nSPS) is 43.3. The Morgan fingerprint density at radius 3 is 2.17 bits per heavy atom. The number of ether oxygens (including phenoxy) is 5. The third-order valence-electron chi connectivity index (χ3n) is 13.2. The minimum Gasteiger partial charge on any atom is -0.472 e. The molecular weight excluding hydrogens is 604 g/mol. The van der Waals surface area contributed by atoms with Crippen molar-refractivity contribution in [1.29, 1.82) is 0 Å². The number of carbonyl (C=O) groups is 4. The molecule has 0 bridgehead atoms. The molecule has 1 aromatic heterocycles. The maximum Gasteiger partial charge on any atom is 0.333 e. The zero-order valence-electron chi connectivity index (χ0n) is 29.3. The van der Waals surface area contributed by atoms with Crippen molar-refractivity contribution in [3.05, 3.63) is 35.8 Å². The van der Waals surface area contributed by atoms with Crippen LogP contribution in [-0.2, 0) is 42.9 Å². The number of carbonyl (C=O) groups excluding carboxylic acids is 4. The topological polar surface area (TPSA) is 131 Å². The number of hydrogen-bond donors (Lipinski definition) is 0. The van der Waals surface area contributed by atoms with Crippen LogP contribution in [-0.4, -0.2) is 59.5 Å². The predicted molar refractivity (Wildman–Crippen MR) is 169 cm³/mol. The van der Waals surface area contributed by atoms with E-state index in [-0.39, 0.29) is 36.2 Å². The number of allylic oxidation sites excluding steroid dienone is 1. The van der Waals surface area contributed by atoms with Crippen LogP contribution in [0.4, 0.5) is 0 Å². The van der Waals surface area contributed by atoms with Gasteiger partial charge in [-0.05, 0) is 64.5 Å². The first kappa shape index (κ1) is 33.7. The minimum atomic E-state index is -0.996. The van der Waals surface area contributed by atoms with E-state index in [1.807, 2.05) is 33.8 Å². The second kappa shape index (κ2) is 10.9. The maximum atomic E-state index is 13.6. The second-order valence-corrected chi connectivity index (χ2v) is 16.0. The molecule has 2 aliphatic heterocycles. The molecule has 3 heterocycles. The van der Waals surface area contributed by atoms with Gasteiger partial charge in [0.25, 0.3) is 0 Å². The molecule has 11 unspecified atom stereocenters. The van der Waals surface area contributed by atoms with Crippen LogP contribution in [0.2, 0.25) is 0 Å². The summed E-state index contributed by atoms with van der Waals surface area (Å²) in [6, 6.07) is 1.96. The third-order valence-corrected chi connectivity index (χ3v) is 13.2. The van der Waals surface area contributed by atoms with Gasteiger partial charge in [-0.3, -0.25) is 14.4 Å². The first-order valence-electron chi connectivity index (χ1n) is 17.0. The summed E-state index contributed by atoms with van der Waals surface area (Å²) in [5.74, 6) is -2.90. The molecule has 6 rings (SSSR count). The zero-order chi connectivity index (χ0) is 34.5.